The lowest BCUT2D eigenvalue weighted by molar-refractivity contribution is 0.0543. The molecule has 2 heterocycles. The Kier molecular flexibility index (Phi) is 4.81. The highest BCUT2D eigenvalue weighted by atomic mass is 79.9. The summed E-state index contributed by atoms with van der Waals surface area (Å²) in [4.78, 5) is 15.1. The van der Waals surface area contributed by atoms with E-state index in [2.05, 4.69) is 15.9 Å². The number of carbonyl (C=O) groups is 1. The zero-order valence-electron chi connectivity index (χ0n) is 10.7. The molecular formula is C13H18BrNO2S. The highest BCUT2D eigenvalue weighted by molar-refractivity contribution is 9.11. The second-order valence-electron chi connectivity index (χ2n) is 4.55. The van der Waals surface area contributed by atoms with Gasteiger partial charge in [-0.15, -0.1) is 11.3 Å². The van der Waals surface area contributed by atoms with Crippen molar-refractivity contribution in [1.82, 2.24) is 4.90 Å². The van der Waals surface area contributed by atoms with E-state index in [4.69, 9.17) is 4.74 Å². The van der Waals surface area contributed by atoms with Crippen LogP contribution in [-0.4, -0.2) is 36.6 Å². The van der Waals surface area contributed by atoms with E-state index < -0.39 is 0 Å². The Bertz CT molecular complexity index is 407. The van der Waals surface area contributed by atoms with E-state index >= 15 is 0 Å². The molecule has 0 N–H and O–H groups in total. The van der Waals surface area contributed by atoms with Crippen LogP contribution in [0.3, 0.4) is 0 Å². The number of halogens is 1. The summed E-state index contributed by atoms with van der Waals surface area (Å²) in [5.74, 6) is 0.117. The number of hydrogen-bond donors (Lipinski definition) is 0. The Morgan fingerprint density at radius 1 is 1.67 bits per heavy atom. The number of aryl methyl sites for hydroxylation is 1. The van der Waals surface area contributed by atoms with Gasteiger partial charge in [0.05, 0.1) is 14.8 Å². The minimum Gasteiger partial charge on any atom is -0.376 e. The van der Waals surface area contributed by atoms with Crippen LogP contribution < -0.4 is 0 Å². The van der Waals surface area contributed by atoms with Gasteiger partial charge in [-0.25, -0.2) is 0 Å². The minimum atomic E-state index is 0.117. The van der Waals surface area contributed by atoms with E-state index in [0.29, 0.717) is 6.54 Å². The summed E-state index contributed by atoms with van der Waals surface area (Å²) in [7, 11) is 0. The van der Waals surface area contributed by atoms with Crippen LogP contribution in [-0.2, 0) is 4.74 Å². The molecule has 2 rings (SSSR count). The molecule has 100 valence electrons. The first-order valence-electron chi connectivity index (χ1n) is 6.28. The third-order valence-electron chi connectivity index (χ3n) is 3.18. The average molecular weight is 332 g/mol. The first kappa shape index (κ1) is 14.0. The van der Waals surface area contributed by atoms with Gasteiger partial charge in [0.25, 0.3) is 5.91 Å². The fraction of sp³-hybridized carbons (Fsp3) is 0.615. The molecule has 1 unspecified atom stereocenters. The Labute approximate surface area is 120 Å². The maximum absolute atomic E-state index is 12.4. The van der Waals surface area contributed by atoms with Gasteiger partial charge in [-0.1, -0.05) is 0 Å². The number of thiophene rings is 1. The van der Waals surface area contributed by atoms with Gasteiger partial charge in [0.15, 0.2) is 0 Å². The lowest BCUT2D eigenvalue weighted by Crippen LogP contribution is -2.36. The smallest absolute Gasteiger partial charge is 0.264 e. The van der Waals surface area contributed by atoms with E-state index in [1.807, 2.05) is 24.8 Å². The minimum absolute atomic E-state index is 0.117. The van der Waals surface area contributed by atoms with Crippen LogP contribution in [0.15, 0.2) is 9.85 Å². The fourth-order valence-electron chi connectivity index (χ4n) is 2.11. The number of rotatable bonds is 4. The van der Waals surface area contributed by atoms with Crippen molar-refractivity contribution in [3.63, 3.8) is 0 Å². The average Bonchev–Trinajstić information content (AvgIpc) is 2.96. The van der Waals surface area contributed by atoms with E-state index in [1.54, 1.807) is 0 Å². The van der Waals surface area contributed by atoms with Crippen molar-refractivity contribution in [2.75, 3.05) is 19.7 Å². The standard InChI is InChI=1S/C13H18BrNO2S/c1-3-15(8-10-5-4-6-17-10)13(16)11-7-9(2)12(14)18-11/h7,10H,3-6,8H2,1-2H3. The molecule has 1 atom stereocenters. The predicted molar refractivity (Wildman–Crippen MR) is 77.3 cm³/mol. The first-order chi connectivity index (χ1) is 8.61. The molecule has 0 bridgehead atoms. The Balaban J connectivity index is 2.04. The van der Waals surface area contributed by atoms with Gasteiger partial charge in [0.1, 0.15) is 0 Å². The van der Waals surface area contributed by atoms with Crippen LogP contribution >= 0.6 is 27.3 Å². The summed E-state index contributed by atoms with van der Waals surface area (Å²) in [5.41, 5.74) is 1.12. The van der Waals surface area contributed by atoms with Crippen LogP contribution in [0.2, 0.25) is 0 Å². The van der Waals surface area contributed by atoms with Crippen LogP contribution in [0, 0.1) is 6.92 Å². The molecule has 1 aromatic heterocycles. The Hall–Kier alpha value is -0.390. The molecular weight excluding hydrogens is 314 g/mol. The number of amides is 1. The van der Waals surface area contributed by atoms with Gasteiger partial charge >= 0.3 is 0 Å². The summed E-state index contributed by atoms with van der Waals surface area (Å²) in [6.45, 7) is 6.30. The molecule has 1 saturated heterocycles. The Morgan fingerprint density at radius 3 is 2.94 bits per heavy atom. The second kappa shape index (κ2) is 6.17. The monoisotopic (exact) mass is 331 g/mol. The third kappa shape index (κ3) is 3.13. The van der Waals surface area contributed by atoms with E-state index in [0.717, 1.165) is 40.2 Å². The number of likely N-dealkylation sites (N-methyl/N-ethyl adjacent to an activating group) is 1. The topological polar surface area (TPSA) is 29.5 Å². The van der Waals surface area contributed by atoms with Gasteiger partial charge in [-0.2, -0.15) is 0 Å². The molecule has 1 amide bonds. The molecule has 0 aromatic carbocycles. The summed E-state index contributed by atoms with van der Waals surface area (Å²) in [6.07, 6.45) is 2.40. The zero-order valence-corrected chi connectivity index (χ0v) is 13.1. The van der Waals surface area contributed by atoms with E-state index in [9.17, 15) is 4.79 Å². The lowest BCUT2D eigenvalue weighted by Gasteiger charge is -2.23. The molecule has 1 aliphatic heterocycles. The van der Waals surface area contributed by atoms with Crippen LogP contribution in [0.25, 0.3) is 0 Å². The zero-order chi connectivity index (χ0) is 13.1. The Morgan fingerprint density at radius 2 is 2.44 bits per heavy atom. The van der Waals surface area contributed by atoms with Gasteiger partial charge in [-0.3, -0.25) is 4.79 Å². The van der Waals surface area contributed by atoms with Crippen molar-refractivity contribution in [3.8, 4) is 0 Å². The molecule has 0 spiro atoms. The molecule has 1 aromatic rings. The fourth-order valence-corrected chi connectivity index (χ4v) is 3.61. The van der Waals surface area contributed by atoms with E-state index in [-0.39, 0.29) is 12.0 Å². The summed E-state index contributed by atoms with van der Waals surface area (Å²) in [5, 5.41) is 0. The lowest BCUT2D eigenvalue weighted by atomic mass is 10.2. The van der Waals surface area contributed by atoms with Crippen molar-refractivity contribution >= 4 is 33.2 Å². The van der Waals surface area contributed by atoms with Crippen LogP contribution in [0.5, 0.6) is 0 Å². The molecule has 1 aliphatic rings. The quantitative estimate of drug-likeness (QED) is 0.845. The van der Waals surface area contributed by atoms with Crippen LogP contribution in [0.1, 0.15) is 35.0 Å². The molecule has 0 radical (unpaired) electrons. The third-order valence-corrected chi connectivity index (χ3v) is 5.31. The highest BCUT2D eigenvalue weighted by Gasteiger charge is 2.23. The van der Waals surface area contributed by atoms with Gasteiger partial charge in [-0.05, 0) is 54.2 Å². The summed E-state index contributed by atoms with van der Waals surface area (Å²) >= 11 is 4.98. The highest BCUT2D eigenvalue weighted by Crippen LogP contribution is 2.28. The van der Waals surface area contributed by atoms with Crippen molar-refractivity contribution in [2.24, 2.45) is 0 Å². The predicted octanol–water partition coefficient (Wildman–Crippen LogP) is 3.46. The maximum Gasteiger partial charge on any atom is 0.264 e. The number of hydrogen-bond acceptors (Lipinski definition) is 3. The largest absolute Gasteiger partial charge is 0.376 e. The molecule has 3 nitrogen and oxygen atoms in total. The molecule has 1 fully saturated rings. The number of carbonyl (C=O) groups excluding carboxylic acids is 1. The van der Waals surface area contributed by atoms with Gasteiger partial charge < -0.3 is 9.64 Å². The van der Waals surface area contributed by atoms with Crippen LogP contribution in [0.4, 0.5) is 0 Å². The first-order valence-corrected chi connectivity index (χ1v) is 7.89. The van der Waals surface area contributed by atoms with Crippen molar-refractivity contribution in [1.29, 1.82) is 0 Å². The SMILES string of the molecule is CCN(CC1CCCO1)C(=O)c1cc(C)c(Br)s1. The van der Waals surface area contributed by atoms with Gasteiger partial charge in [0, 0.05) is 19.7 Å². The maximum atomic E-state index is 12.4. The van der Waals surface area contributed by atoms with Gasteiger partial charge in [0.2, 0.25) is 0 Å². The molecule has 0 saturated carbocycles. The van der Waals surface area contributed by atoms with Crippen molar-refractivity contribution < 1.29 is 9.53 Å². The summed E-state index contributed by atoms with van der Waals surface area (Å²) < 4.78 is 6.64. The normalized spacial score (nSPS) is 19.2. The number of nitrogens with zero attached hydrogens (tertiary/aromatic N) is 1. The molecule has 18 heavy (non-hydrogen) atoms. The van der Waals surface area contributed by atoms with Crippen molar-refractivity contribution in [3.05, 3.63) is 20.3 Å². The summed E-state index contributed by atoms with van der Waals surface area (Å²) in [6, 6.07) is 1.95. The molecule has 5 heteroatoms. The molecule has 0 aliphatic carbocycles. The second-order valence-corrected chi connectivity index (χ2v) is 6.92. The van der Waals surface area contributed by atoms with E-state index in [1.165, 1.54) is 11.3 Å². The number of ether oxygens (including phenoxy) is 1. The van der Waals surface area contributed by atoms with Crippen molar-refractivity contribution in [2.45, 2.75) is 32.8 Å².